The Kier molecular flexibility index (Phi) is 5.51. The lowest BCUT2D eigenvalue weighted by atomic mass is 9.88. The molecule has 0 spiro atoms. The summed E-state index contributed by atoms with van der Waals surface area (Å²) in [4.78, 5) is 0. The topological polar surface area (TPSA) is 21.3 Å². The van der Waals surface area contributed by atoms with Gasteiger partial charge in [-0.1, -0.05) is 27.2 Å². The van der Waals surface area contributed by atoms with E-state index in [9.17, 15) is 0 Å². The van der Waals surface area contributed by atoms with Gasteiger partial charge in [0.2, 0.25) is 0 Å². The number of rotatable bonds is 6. The third-order valence-corrected chi connectivity index (χ3v) is 1.78. The lowest BCUT2D eigenvalue weighted by Crippen LogP contribution is -2.30. The number of hydrogen-bond acceptors (Lipinski definition) is 2. The van der Waals surface area contributed by atoms with E-state index in [0.29, 0.717) is 12.1 Å². The van der Waals surface area contributed by atoms with Crippen LogP contribution in [0.1, 0.15) is 33.6 Å². The first-order valence-corrected chi connectivity index (χ1v) is 4.32. The molecule has 0 aliphatic heterocycles. The highest BCUT2D eigenvalue weighted by atomic mass is 16.5. The van der Waals surface area contributed by atoms with Crippen molar-refractivity contribution in [3.63, 3.8) is 0 Å². The number of methoxy groups -OCH3 is 1. The first-order valence-electron chi connectivity index (χ1n) is 4.32. The van der Waals surface area contributed by atoms with Crippen LogP contribution >= 0.6 is 0 Å². The molecular weight excluding hydrogens is 138 g/mol. The van der Waals surface area contributed by atoms with Crippen molar-refractivity contribution in [2.75, 3.05) is 20.4 Å². The molecule has 0 rings (SSSR count). The smallest absolute Gasteiger partial charge is 0.0961 e. The fourth-order valence-corrected chi connectivity index (χ4v) is 1.26. The number of nitrogens with one attached hydrogen (secondary N) is 1. The van der Waals surface area contributed by atoms with Crippen LogP contribution in [0.25, 0.3) is 0 Å². The molecule has 0 unspecified atom stereocenters. The SMILES string of the molecule is CCCC(C)(C)CNCOC. The van der Waals surface area contributed by atoms with Gasteiger partial charge in [-0.25, -0.2) is 0 Å². The van der Waals surface area contributed by atoms with Crippen LogP contribution < -0.4 is 5.32 Å². The van der Waals surface area contributed by atoms with E-state index in [1.165, 1.54) is 12.8 Å². The number of hydrogen-bond donors (Lipinski definition) is 1. The van der Waals surface area contributed by atoms with Crippen molar-refractivity contribution in [3.8, 4) is 0 Å². The minimum atomic E-state index is 0.410. The summed E-state index contributed by atoms with van der Waals surface area (Å²) in [7, 11) is 1.71. The van der Waals surface area contributed by atoms with Gasteiger partial charge in [0.15, 0.2) is 0 Å². The maximum Gasteiger partial charge on any atom is 0.0961 e. The molecule has 0 bridgehead atoms. The third kappa shape index (κ3) is 6.32. The Morgan fingerprint density at radius 1 is 1.36 bits per heavy atom. The number of ether oxygens (including phenoxy) is 1. The zero-order valence-electron chi connectivity index (χ0n) is 8.24. The molecule has 0 aromatic carbocycles. The van der Waals surface area contributed by atoms with Crippen LogP contribution in [0.3, 0.4) is 0 Å². The zero-order valence-corrected chi connectivity index (χ0v) is 8.24. The van der Waals surface area contributed by atoms with Crippen molar-refractivity contribution in [1.29, 1.82) is 0 Å². The molecule has 0 atom stereocenters. The summed E-state index contributed by atoms with van der Waals surface area (Å²) in [6, 6.07) is 0. The molecule has 0 fully saturated rings. The Bertz CT molecular complexity index is 91.6. The van der Waals surface area contributed by atoms with Crippen LogP contribution in [-0.2, 0) is 4.74 Å². The Hall–Kier alpha value is -0.0800. The summed E-state index contributed by atoms with van der Waals surface area (Å²) in [5.74, 6) is 0. The Labute approximate surface area is 70.3 Å². The summed E-state index contributed by atoms with van der Waals surface area (Å²) >= 11 is 0. The molecule has 68 valence electrons. The maximum absolute atomic E-state index is 4.90. The molecule has 0 radical (unpaired) electrons. The van der Waals surface area contributed by atoms with E-state index in [2.05, 4.69) is 26.1 Å². The molecule has 0 aromatic heterocycles. The second-order valence-corrected chi connectivity index (χ2v) is 3.77. The molecular formula is C9H21NO. The molecule has 0 amide bonds. The average Bonchev–Trinajstić information content (AvgIpc) is 1.87. The van der Waals surface area contributed by atoms with Crippen LogP contribution in [0, 0.1) is 5.41 Å². The molecule has 0 aliphatic rings. The largest absolute Gasteiger partial charge is 0.370 e. The summed E-state index contributed by atoms with van der Waals surface area (Å²) < 4.78 is 4.90. The van der Waals surface area contributed by atoms with E-state index in [1.54, 1.807) is 7.11 Å². The van der Waals surface area contributed by atoms with Gasteiger partial charge in [0, 0.05) is 13.7 Å². The Morgan fingerprint density at radius 3 is 2.45 bits per heavy atom. The standard InChI is InChI=1S/C9H21NO/c1-5-6-9(2,3)7-10-8-11-4/h10H,5-8H2,1-4H3. The van der Waals surface area contributed by atoms with Crippen molar-refractivity contribution in [1.82, 2.24) is 5.32 Å². The predicted molar refractivity (Wildman–Crippen MR) is 48.6 cm³/mol. The van der Waals surface area contributed by atoms with Gasteiger partial charge in [-0.15, -0.1) is 0 Å². The molecule has 0 saturated carbocycles. The minimum absolute atomic E-state index is 0.410. The van der Waals surface area contributed by atoms with Crippen LogP contribution in [0.15, 0.2) is 0 Å². The quantitative estimate of drug-likeness (QED) is 0.473. The normalized spacial score (nSPS) is 12.0. The van der Waals surface area contributed by atoms with Gasteiger partial charge in [-0.3, -0.25) is 5.32 Å². The van der Waals surface area contributed by atoms with Crippen molar-refractivity contribution in [3.05, 3.63) is 0 Å². The average molecular weight is 159 g/mol. The van der Waals surface area contributed by atoms with Crippen molar-refractivity contribution >= 4 is 0 Å². The molecule has 2 nitrogen and oxygen atoms in total. The zero-order chi connectivity index (χ0) is 8.74. The van der Waals surface area contributed by atoms with Gasteiger partial charge in [0.1, 0.15) is 0 Å². The Morgan fingerprint density at radius 2 is 2.00 bits per heavy atom. The van der Waals surface area contributed by atoms with E-state index in [4.69, 9.17) is 4.74 Å². The lowest BCUT2D eigenvalue weighted by Gasteiger charge is -2.23. The fourth-order valence-electron chi connectivity index (χ4n) is 1.26. The summed E-state index contributed by atoms with van der Waals surface area (Å²) in [5.41, 5.74) is 0.410. The van der Waals surface area contributed by atoms with Gasteiger partial charge in [0.05, 0.1) is 6.73 Å². The van der Waals surface area contributed by atoms with E-state index in [0.717, 1.165) is 6.54 Å². The van der Waals surface area contributed by atoms with E-state index < -0.39 is 0 Å². The van der Waals surface area contributed by atoms with Gasteiger partial charge in [-0.2, -0.15) is 0 Å². The first-order chi connectivity index (χ1) is 5.12. The molecule has 0 aliphatic carbocycles. The first kappa shape index (κ1) is 10.9. The highest BCUT2D eigenvalue weighted by Crippen LogP contribution is 2.20. The summed E-state index contributed by atoms with van der Waals surface area (Å²) in [6.07, 6.45) is 2.52. The van der Waals surface area contributed by atoms with E-state index in [-0.39, 0.29) is 0 Å². The molecule has 0 saturated heterocycles. The molecule has 1 N–H and O–H groups in total. The predicted octanol–water partition coefficient (Wildman–Crippen LogP) is 2.01. The molecule has 2 heteroatoms. The van der Waals surface area contributed by atoms with Crippen LogP contribution in [0.4, 0.5) is 0 Å². The second kappa shape index (κ2) is 5.56. The second-order valence-electron chi connectivity index (χ2n) is 3.77. The fraction of sp³-hybridized carbons (Fsp3) is 1.00. The third-order valence-electron chi connectivity index (χ3n) is 1.78. The highest BCUT2D eigenvalue weighted by Gasteiger charge is 2.14. The Balaban J connectivity index is 3.38. The van der Waals surface area contributed by atoms with Gasteiger partial charge in [0.25, 0.3) is 0 Å². The molecule has 0 aromatic rings. The van der Waals surface area contributed by atoms with Crippen molar-refractivity contribution < 1.29 is 4.74 Å². The maximum atomic E-state index is 4.90. The lowest BCUT2D eigenvalue weighted by molar-refractivity contribution is 0.158. The van der Waals surface area contributed by atoms with Crippen LogP contribution in [0.5, 0.6) is 0 Å². The van der Waals surface area contributed by atoms with Crippen LogP contribution in [-0.4, -0.2) is 20.4 Å². The minimum Gasteiger partial charge on any atom is -0.370 e. The molecule has 0 heterocycles. The molecule has 11 heavy (non-hydrogen) atoms. The van der Waals surface area contributed by atoms with Gasteiger partial charge < -0.3 is 4.74 Å². The summed E-state index contributed by atoms with van der Waals surface area (Å²) in [6.45, 7) is 8.47. The van der Waals surface area contributed by atoms with E-state index >= 15 is 0 Å². The van der Waals surface area contributed by atoms with Gasteiger partial charge in [-0.05, 0) is 11.8 Å². The summed E-state index contributed by atoms with van der Waals surface area (Å²) in [5, 5.41) is 3.24. The van der Waals surface area contributed by atoms with Gasteiger partial charge >= 0.3 is 0 Å². The van der Waals surface area contributed by atoms with Crippen LogP contribution in [0.2, 0.25) is 0 Å². The van der Waals surface area contributed by atoms with Crippen molar-refractivity contribution in [2.45, 2.75) is 33.6 Å². The van der Waals surface area contributed by atoms with E-state index in [1.807, 2.05) is 0 Å². The highest BCUT2D eigenvalue weighted by molar-refractivity contribution is 4.69. The van der Waals surface area contributed by atoms with Crippen molar-refractivity contribution in [2.24, 2.45) is 5.41 Å². The monoisotopic (exact) mass is 159 g/mol.